The number of benzene rings is 9. The molecule has 0 amide bonds. The van der Waals surface area contributed by atoms with Crippen LogP contribution in [0.25, 0.3) is 122 Å². The minimum absolute atomic E-state index is 0.234. The van der Waals surface area contributed by atoms with E-state index in [1.165, 1.54) is 22.3 Å². The monoisotopic (exact) mass is 808 g/mol. The second kappa shape index (κ2) is 13.4. The van der Waals surface area contributed by atoms with Crippen molar-refractivity contribution in [2.75, 3.05) is 0 Å². The van der Waals surface area contributed by atoms with Crippen LogP contribution in [-0.2, 0) is 5.41 Å². The minimum atomic E-state index is -0.234. The molecule has 1 aliphatic rings. The van der Waals surface area contributed by atoms with Crippen LogP contribution in [0.1, 0.15) is 25.0 Å². The van der Waals surface area contributed by atoms with Gasteiger partial charge in [0.25, 0.3) is 0 Å². The molecule has 6 heteroatoms. The lowest BCUT2D eigenvalue weighted by Crippen LogP contribution is -2.15. The fourth-order valence-corrected chi connectivity index (χ4v) is 9.93. The first kappa shape index (κ1) is 35.5. The molecule has 0 radical (unpaired) electrons. The second-order valence-electron chi connectivity index (χ2n) is 16.9. The average molecular weight is 809 g/mol. The van der Waals surface area contributed by atoms with Crippen LogP contribution in [-0.4, -0.2) is 19.9 Å². The summed E-state index contributed by atoms with van der Waals surface area (Å²) in [5, 5.41) is 6.40. The number of nitrogens with zero attached hydrogens (tertiary/aromatic N) is 4. The molecule has 296 valence electrons. The molecule has 0 saturated heterocycles. The Labute approximate surface area is 362 Å². The zero-order valence-electron chi connectivity index (χ0n) is 34.4. The third kappa shape index (κ3) is 5.38. The van der Waals surface area contributed by atoms with Gasteiger partial charge in [-0.2, -0.15) is 0 Å². The molecule has 63 heavy (non-hydrogen) atoms. The van der Waals surface area contributed by atoms with Gasteiger partial charge in [-0.05, 0) is 85.9 Å². The van der Waals surface area contributed by atoms with Crippen LogP contribution < -0.4 is 0 Å². The molecule has 0 N–H and O–H groups in total. The molecular weight excluding hydrogens is 773 g/mol. The second-order valence-corrected chi connectivity index (χ2v) is 16.9. The van der Waals surface area contributed by atoms with Gasteiger partial charge < -0.3 is 8.83 Å². The normalized spacial score (nSPS) is 13.0. The maximum Gasteiger partial charge on any atom is 0.227 e. The molecule has 13 rings (SSSR count). The number of rotatable bonds is 5. The van der Waals surface area contributed by atoms with Crippen molar-refractivity contribution < 1.29 is 8.83 Å². The lowest BCUT2D eigenvalue weighted by atomic mass is 9.80. The highest BCUT2D eigenvalue weighted by Gasteiger charge is 2.38. The highest BCUT2D eigenvalue weighted by Crippen LogP contribution is 2.54. The average Bonchev–Trinajstić information content (AvgIpc) is 4.02. The van der Waals surface area contributed by atoms with Gasteiger partial charge in [-0.25, -0.2) is 19.9 Å². The summed E-state index contributed by atoms with van der Waals surface area (Å²) >= 11 is 0. The molecule has 0 saturated carbocycles. The van der Waals surface area contributed by atoms with E-state index < -0.39 is 0 Å². The van der Waals surface area contributed by atoms with E-state index in [4.69, 9.17) is 28.8 Å². The molecule has 0 bridgehead atoms. The van der Waals surface area contributed by atoms with Crippen molar-refractivity contribution in [3.8, 4) is 67.9 Å². The summed E-state index contributed by atoms with van der Waals surface area (Å²) < 4.78 is 13.1. The van der Waals surface area contributed by atoms with Gasteiger partial charge in [-0.1, -0.05) is 159 Å². The summed E-state index contributed by atoms with van der Waals surface area (Å²) in [6.45, 7) is 4.65. The Balaban J connectivity index is 1.01. The highest BCUT2D eigenvalue weighted by atomic mass is 16.3. The van der Waals surface area contributed by atoms with Gasteiger partial charge in [-0.3, -0.25) is 0 Å². The summed E-state index contributed by atoms with van der Waals surface area (Å²) in [6, 6.07) is 63.1. The van der Waals surface area contributed by atoms with Crippen molar-refractivity contribution in [1.29, 1.82) is 0 Å². The molecule has 0 unspecified atom stereocenters. The summed E-state index contributed by atoms with van der Waals surface area (Å²) in [6.07, 6.45) is 0. The number of furan rings is 1. The lowest BCUT2D eigenvalue weighted by Gasteiger charge is -2.23. The number of fused-ring (bicyclic) bond motifs is 11. The summed E-state index contributed by atoms with van der Waals surface area (Å²) in [5.74, 6) is 2.40. The van der Waals surface area contributed by atoms with E-state index in [0.717, 1.165) is 88.0 Å². The van der Waals surface area contributed by atoms with Gasteiger partial charge >= 0.3 is 0 Å². The lowest BCUT2D eigenvalue weighted by molar-refractivity contribution is 0.623. The standard InChI is InChI=1S/C57H36N4O2/c1-57(2)44-23-10-8-19-40(44)50-45(57)32-43(38-30-31-46-52(51(38)50)63-56(58-46)36-15-4-3-5-16-36)34-26-28-35(29-27-34)53-59-54(39-21-12-17-33-14-6-7-18-37(33)39)61-55(60-53)42-22-13-25-48-49(42)41-20-9-11-24-47(41)62-48/h3-32H,1-2H3. The highest BCUT2D eigenvalue weighted by molar-refractivity contribution is 6.18. The predicted octanol–water partition coefficient (Wildman–Crippen LogP) is 14.9. The number of oxazole rings is 1. The predicted molar refractivity (Wildman–Crippen MR) is 254 cm³/mol. The Hall–Kier alpha value is -8.22. The summed E-state index contributed by atoms with van der Waals surface area (Å²) in [7, 11) is 0. The number of para-hydroxylation sites is 1. The van der Waals surface area contributed by atoms with Crippen LogP contribution >= 0.6 is 0 Å². The van der Waals surface area contributed by atoms with Crippen LogP contribution in [0.5, 0.6) is 0 Å². The van der Waals surface area contributed by atoms with E-state index in [1.807, 2.05) is 60.7 Å². The van der Waals surface area contributed by atoms with Crippen LogP contribution in [0.15, 0.2) is 191 Å². The van der Waals surface area contributed by atoms with E-state index >= 15 is 0 Å². The van der Waals surface area contributed by atoms with Crippen molar-refractivity contribution in [3.63, 3.8) is 0 Å². The Morgan fingerprint density at radius 3 is 1.92 bits per heavy atom. The molecule has 1 aliphatic carbocycles. The van der Waals surface area contributed by atoms with E-state index in [9.17, 15) is 0 Å². The Morgan fingerprint density at radius 1 is 0.397 bits per heavy atom. The fourth-order valence-electron chi connectivity index (χ4n) is 9.93. The molecule has 3 aromatic heterocycles. The molecule has 0 fully saturated rings. The minimum Gasteiger partial charge on any atom is -0.456 e. The van der Waals surface area contributed by atoms with Crippen molar-refractivity contribution in [2.24, 2.45) is 0 Å². The van der Waals surface area contributed by atoms with E-state index in [-0.39, 0.29) is 5.41 Å². The van der Waals surface area contributed by atoms with Crippen molar-refractivity contribution in [1.82, 2.24) is 19.9 Å². The smallest absolute Gasteiger partial charge is 0.227 e. The van der Waals surface area contributed by atoms with Crippen molar-refractivity contribution >= 4 is 54.6 Å². The quantitative estimate of drug-likeness (QED) is 0.172. The molecule has 3 heterocycles. The van der Waals surface area contributed by atoms with Gasteiger partial charge in [0.05, 0.1) is 0 Å². The molecule has 0 aliphatic heterocycles. The number of hydrogen-bond donors (Lipinski definition) is 0. The van der Waals surface area contributed by atoms with E-state index in [1.54, 1.807) is 0 Å². The van der Waals surface area contributed by atoms with E-state index in [2.05, 4.69) is 135 Å². The molecule has 6 nitrogen and oxygen atoms in total. The first-order valence-corrected chi connectivity index (χ1v) is 21.3. The molecule has 0 atom stereocenters. The van der Waals surface area contributed by atoms with Crippen molar-refractivity contribution in [3.05, 3.63) is 193 Å². The van der Waals surface area contributed by atoms with Gasteiger partial charge in [0, 0.05) is 43.8 Å². The first-order valence-electron chi connectivity index (χ1n) is 21.3. The SMILES string of the molecule is CC1(C)c2ccccc2-c2c1cc(-c1ccc(-c3nc(-c4cccc5ccccc45)nc(-c4cccc5oc6ccccc6c45)n3)cc1)c1ccc3nc(-c4ccccc4)oc3c21. The Bertz CT molecular complexity index is 3820. The number of hydrogen-bond acceptors (Lipinski definition) is 6. The van der Waals surface area contributed by atoms with Crippen LogP contribution in [0.2, 0.25) is 0 Å². The Morgan fingerprint density at radius 2 is 1.05 bits per heavy atom. The van der Waals surface area contributed by atoms with Crippen LogP contribution in [0.4, 0.5) is 0 Å². The third-order valence-electron chi connectivity index (χ3n) is 13.0. The summed E-state index contributed by atoms with van der Waals surface area (Å²) in [5.41, 5.74) is 13.9. The zero-order valence-corrected chi connectivity index (χ0v) is 34.4. The van der Waals surface area contributed by atoms with Gasteiger partial charge in [0.1, 0.15) is 16.7 Å². The molecule has 9 aromatic carbocycles. The van der Waals surface area contributed by atoms with Gasteiger partial charge in [-0.15, -0.1) is 0 Å². The zero-order chi connectivity index (χ0) is 41.8. The fraction of sp³-hybridized carbons (Fsp3) is 0.0526. The maximum absolute atomic E-state index is 6.77. The largest absolute Gasteiger partial charge is 0.456 e. The number of aromatic nitrogens is 4. The molecule has 12 aromatic rings. The van der Waals surface area contributed by atoms with Gasteiger partial charge in [0.15, 0.2) is 23.1 Å². The molecule has 0 spiro atoms. The first-order chi connectivity index (χ1) is 31.0. The van der Waals surface area contributed by atoms with Crippen LogP contribution in [0, 0.1) is 0 Å². The topological polar surface area (TPSA) is 77.8 Å². The maximum atomic E-state index is 6.77. The van der Waals surface area contributed by atoms with Crippen molar-refractivity contribution in [2.45, 2.75) is 19.3 Å². The van der Waals surface area contributed by atoms with Gasteiger partial charge in [0.2, 0.25) is 5.89 Å². The van der Waals surface area contributed by atoms with E-state index in [0.29, 0.717) is 23.4 Å². The van der Waals surface area contributed by atoms with Crippen LogP contribution in [0.3, 0.4) is 0 Å². The Kier molecular flexibility index (Phi) is 7.55. The summed E-state index contributed by atoms with van der Waals surface area (Å²) in [4.78, 5) is 20.7. The third-order valence-corrected chi connectivity index (χ3v) is 13.0. The molecular formula is C57H36N4O2.